The second-order valence-electron chi connectivity index (χ2n) is 7.11. The van der Waals surface area contributed by atoms with E-state index in [-0.39, 0.29) is 11.3 Å². The minimum atomic E-state index is -0.518. The molecule has 0 spiro atoms. The van der Waals surface area contributed by atoms with Gasteiger partial charge in [-0.15, -0.1) is 0 Å². The van der Waals surface area contributed by atoms with E-state index in [1.54, 1.807) is 16.7 Å². The molecule has 4 aromatic rings. The summed E-state index contributed by atoms with van der Waals surface area (Å²) < 4.78 is 13.8. The molecular weight excluding hydrogens is 414 g/mol. The van der Waals surface area contributed by atoms with Crippen LogP contribution in [0, 0.1) is 0 Å². The van der Waals surface area contributed by atoms with E-state index in [1.165, 1.54) is 18.9 Å². The highest BCUT2D eigenvalue weighted by Crippen LogP contribution is 2.30. The molecule has 8 heteroatoms. The third kappa shape index (κ3) is 4.03. The highest BCUT2D eigenvalue weighted by molar-refractivity contribution is 7.98. The first kappa shape index (κ1) is 21.0. The molecule has 1 aromatic carbocycles. The molecule has 160 valence electrons. The number of esters is 1. The number of hydrogen-bond donors (Lipinski definition) is 0. The summed E-state index contributed by atoms with van der Waals surface area (Å²) in [6, 6.07) is 13.2. The topological polar surface area (TPSA) is 79.3 Å². The lowest BCUT2D eigenvalue weighted by Crippen LogP contribution is -2.24. The van der Waals surface area contributed by atoms with Gasteiger partial charge in [-0.3, -0.25) is 9.36 Å². The Morgan fingerprint density at radius 3 is 2.68 bits per heavy atom. The summed E-state index contributed by atoms with van der Waals surface area (Å²) in [5.74, 6) is 0.683. The van der Waals surface area contributed by atoms with E-state index >= 15 is 0 Å². The number of fused-ring (bicyclic) bond motifs is 1. The molecule has 0 aliphatic carbocycles. The smallest absolute Gasteiger partial charge is 0.373 e. The average molecular weight is 438 g/mol. The SMILES string of the molecule is CCCn1c(SCc2ccc(C(=O)OC)o2)nc2c(-c3ccccc3)cn(C)c2c1=O. The number of nitrogens with zero attached hydrogens (tertiary/aromatic N) is 3. The van der Waals surface area contributed by atoms with E-state index in [0.717, 1.165) is 17.5 Å². The van der Waals surface area contributed by atoms with Gasteiger partial charge in [-0.2, -0.15) is 0 Å². The van der Waals surface area contributed by atoms with E-state index in [2.05, 4.69) is 4.74 Å². The van der Waals surface area contributed by atoms with Crippen LogP contribution in [0.1, 0.15) is 29.7 Å². The number of thioether (sulfide) groups is 1. The van der Waals surface area contributed by atoms with E-state index in [1.807, 2.05) is 55.1 Å². The molecule has 0 aliphatic heterocycles. The molecule has 0 aliphatic rings. The first-order chi connectivity index (χ1) is 15.0. The summed E-state index contributed by atoms with van der Waals surface area (Å²) >= 11 is 1.41. The molecule has 31 heavy (non-hydrogen) atoms. The number of methoxy groups -OCH3 is 1. The molecule has 0 radical (unpaired) electrons. The van der Waals surface area contributed by atoms with Crippen LogP contribution < -0.4 is 5.56 Å². The van der Waals surface area contributed by atoms with Crippen LogP contribution in [0.3, 0.4) is 0 Å². The summed E-state index contributed by atoms with van der Waals surface area (Å²) in [6.45, 7) is 2.60. The molecule has 0 saturated heterocycles. The lowest BCUT2D eigenvalue weighted by Gasteiger charge is -2.11. The molecule has 0 atom stereocenters. The van der Waals surface area contributed by atoms with Crippen LogP contribution >= 0.6 is 11.8 Å². The van der Waals surface area contributed by atoms with Crippen molar-refractivity contribution in [1.82, 2.24) is 14.1 Å². The third-order valence-corrected chi connectivity index (χ3v) is 5.96. The van der Waals surface area contributed by atoms with Gasteiger partial charge in [-0.05, 0) is 24.1 Å². The second kappa shape index (κ2) is 8.85. The zero-order chi connectivity index (χ0) is 22.0. The zero-order valence-corrected chi connectivity index (χ0v) is 18.4. The van der Waals surface area contributed by atoms with Crippen LogP contribution in [0.2, 0.25) is 0 Å². The van der Waals surface area contributed by atoms with Crippen LogP contribution in [0.5, 0.6) is 0 Å². The first-order valence-electron chi connectivity index (χ1n) is 9.98. The molecule has 3 aromatic heterocycles. The van der Waals surface area contributed by atoms with Crippen molar-refractivity contribution < 1.29 is 13.9 Å². The fraction of sp³-hybridized carbons (Fsp3) is 0.261. The number of rotatable bonds is 7. The van der Waals surface area contributed by atoms with Crippen molar-refractivity contribution in [2.45, 2.75) is 30.8 Å². The summed E-state index contributed by atoms with van der Waals surface area (Å²) in [5.41, 5.74) is 3.14. The van der Waals surface area contributed by atoms with Crippen molar-refractivity contribution in [3.63, 3.8) is 0 Å². The number of aryl methyl sites for hydroxylation is 1. The van der Waals surface area contributed by atoms with E-state index in [4.69, 9.17) is 9.40 Å². The van der Waals surface area contributed by atoms with Gasteiger partial charge < -0.3 is 13.7 Å². The monoisotopic (exact) mass is 437 g/mol. The quantitative estimate of drug-likeness (QED) is 0.241. The van der Waals surface area contributed by atoms with Gasteiger partial charge >= 0.3 is 5.97 Å². The van der Waals surface area contributed by atoms with Gasteiger partial charge in [-0.25, -0.2) is 9.78 Å². The number of furan rings is 1. The summed E-state index contributed by atoms with van der Waals surface area (Å²) in [5, 5.41) is 0.624. The molecule has 0 bridgehead atoms. The number of carbonyl (C=O) groups excluding carboxylic acids is 1. The highest BCUT2D eigenvalue weighted by atomic mass is 32.2. The fourth-order valence-electron chi connectivity index (χ4n) is 3.51. The Labute approximate surface area is 183 Å². The number of aromatic nitrogens is 3. The van der Waals surface area contributed by atoms with Crippen molar-refractivity contribution in [2.75, 3.05) is 7.11 Å². The highest BCUT2D eigenvalue weighted by Gasteiger charge is 2.19. The Kier molecular flexibility index (Phi) is 5.99. The van der Waals surface area contributed by atoms with Crippen LogP contribution in [-0.2, 0) is 24.1 Å². The molecule has 0 saturated carbocycles. The van der Waals surface area contributed by atoms with Gasteiger partial charge in [0.25, 0.3) is 5.56 Å². The van der Waals surface area contributed by atoms with Crippen molar-refractivity contribution in [3.05, 3.63) is 70.5 Å². The molecular formula is C23H23N3O4S. The van der Waals surface area contributed by atoms with Gasteiger partial charge in [-0.1, -0.05) is 49.0 Å². The Balaban J connectivity index is 1.76. The van der Waals surface area contributed by atoms with Gasteiger partial charge in [0.15, 0.2) is 5.16 Å². The summed E-state index contributed by atoms with van der Waals surface area (Å²) in [6.07, 6.45) is 2.76. The standard InChI is InChI=1S/C23H23N3O4S/c1-4-12-26-21(27)20-19(17(13-25(20)2)15-8-6-5-7-9-15)24-23(26)31-14-16-10-11-18(30-16)22(28)29-3/h5-11,13H,4,12,14H2,1-3H3. The van der Waals surface area contributed by atoms with Gasteiger partial charge in [0.1, 0.15) is 16.8 Å². The van der Waals surface area contributed by atoms with E-state index in [9.17, 15) is 9.59 Å². The van der Waals surface area contributed by atoms with Crippen LogP contribution in [0.15, 0.2) is 63.0 Å². The second-order valence-corrected chi connectivity index (χ2v) is 8.06. The Bertz CT molecular complexity index is 1290. The molecule has 0 unspecified atom stereocenters. The van der Waals surface area contributed by atoms with Crippen LogP contribution in [-0.4, -0.2) is 27.2 Å². The maximum Gasteiger partial charge on any atom is 0.373 e. The first-order valence-corrected chi connectivity index (χ1v) is 11.0. The molecule has 3 heterocycles. The van der Waals surface area contributed by atoms with Gasteiger partial charge in [0, 0.05) is 25.4 Å². The minimum Gasteiger partial charge on any atom is -0.463 e. The van der Waals surface area contributed by atoms with Crippen molar-refractivity contribution >= 4 is 28.8 Å². The van der Waals surface area contributed by atoms with Crippen molar-refractivity contribution in [2.24, 2.45) is 7.05 Å². The summed E-state index contributed by atoms with van der Waals surface area (Å²) in [7, 11) is 3.18. The normalized spacial score (nSPS) is 11.2. The van der Waals surface area contributed by atoms with Crippen molar-refractivity contribution in [3.8, 4) is 11.1 Å². The maximum atomic E-state index is 13.4. The predicted octanol–water partition coefficient (Wildman–Crippen LogP) is 4.48. The third-order valence-electron chi connectivity index (χ3n) is 4.96. The van der Waals surface area contributed by atoms with Gasteiger partial charge in [0.2, 0.25) is 5.76 Å². The number of hydrogen-bond acceptors (Lipinski definition) is 6. The molecule has 0 amide bonds. The van der Waals surface area contributed by atoms with Crippen LogP contribution in [0.4, 0.5) is 0 Å². The Hall–Kier alpha value is -3.26. The lowest BCUT2D eigenvalue weighted by atomic mass is 10.1. The number of carbonyl (C=O) groups is 1. The number of ether oxygens (including phenoxy) is 1. The predicted molar refractivity (Wildman–Crippen MR) is 120 cm³/mol. The maximum absolute atomic E-state index is 13.4. The fourth-order valence-corrected chi connectivity index (χ4v) is 4.42. The Morgan fingerprint density at radius 2 is 1.97 bits per heavy atom. The average Bonchev–Trinajstić information content (AvgIpc) is 3.39. The largest absolute Gasteiger partial charge is 0.463 e. The molecule has 0 fully saturated rings. The minimum absolute atomic E-state index is 0.0614. The Morgan fingerprint density at radius 1 is 1.19 bits per heavy atom. The van der Waals surface area contributed by atoms with E-state index in [0.29, 0.717) is 34.2 Å². The van der Waals surface area contributed by atoms with Crippen LogP contribution in [0.25, 0.3) is 22.2 Å². The number of benzene rings is 1. The van der Waals surface area contributed by atoms with Crippen molar-refractivity contribution in [1.29, 1.82) is 0 Å². The molecule has 0 N–H and O–H groups in total. The van der Waals surface area contributed by atoms with E-state index < -0.39 is 5.97 Å². The zero-order valence-electron chi connectivity index (χ0n) is 17.6. The molecule has 4 rings (SSSR count). The molecule has 7 nitrogen and oxygen atoms in total. The summed E-state index contributed by atoms with van der Waals surface area (Å²) in [4.78, 5) is 29.9. The lowest BCUT2D eigenvalue weighted by molar-refractivity contribution is 0.0563. The van der Waals surface area contributed by atoms with Gasteiger partial charge in [0.05, 0.1) is 12.9 Å².